The number of ether oxygens (including phenoxy) is 1. The number of nitrogens with zero attached hydrogens (tertiary/aromatic N) is 1. The van der Waals surface area contributed by atoms with Gasteiger partial charge in [-0.25, -0.2) is 0 Å². The molecule has 2 rings (SSSR count). The second kappa shape index (κ2) is 7.21. The summed E-state index contributed by atoms with van der Waals surface area (Å²) < 4.78 is 5.59. The van der Waals surface area contributed by atoms with E-state index in [-0.39, 0.29) is 5.69 Å². The van der Waals surface area contributed by atoms with Gasteiger partial charge in [-0.1, -0.05) is 12.1 Å². The molecule has 1 aromatic carbocycles. The lowest BCUT2D eigenvalue weighted by Gasteiger charge is -2.28. The normalized spacial score (nSPS) is 22.4. The molecule has 1 fully saturated rings. The van der Waals surface area contributed by atoms with E-state index in [1.165, 1.54) is 30.6 Å². The Hall–Kier alpha value is -1.66. The number of likely N-dealkylation sites (N-methyl/N-ethyl adjacent to an activating group) is 1. The Morgan fingerprint density at radius 2 is 1.85 bits per heavy atom. The molecule has 110 valence electrons. The Kier molecular flexibility index (Phi) is 5.31. The van der Waals surface area contributed by atoms with Gasteiger partial charge in [0.1, 0.15) is 39.3 Å². The molecular formula is C14H23N3O3+2. The molecule has 0 atom stereocenters. The van der Waals surface area contributed by atoms with E-state index >= 15 is 0 Å². The van der Waals surface area contributed by atoms with Gasteiger partial charge in [-0.05, 0) is 13.0 Å². The summed E-state index contributed by atoms with van der Waals surface area (Å²) in [7, 11) is 0. The van der Waals surface area contributed by atoms with E-state index in [2.05, 4.69) is 6.92 Å². The van der Waals surface area contributed by atoms with Gasteiger partial charge in [-0.3, -0.25) is 10.1 Å². The SMILES string of the molecule is CC[NH+]1CC[NH+](CCOc2ccccc2[N+](=O)[O-])CC1. The van der Waals surface area contributed by atoms with Crippen molar-refractivity contribution in [3.05, 3.63) is 34.4 Å². The number of benzene rings is 1. The number of nitro groups is 1. The highest BCUT2D eigenvalue weighted by molar-refractivity contribution is 5.45. The average Bonchev–Trinajstić information content (AvgIpc) is 2.48. The smallest absolute Gasteiger partial charge is 0.310 e. The summed E-state index contributed by atoms with van der Waals surface area (Å²) >= 11 is 0. The average molecular weight is 281 g/mol. The molecule has 0 aliphatic carbocycles. The van der Waals surface area contributed by atoms with Gasteiger partial charge in [-0.2, -0.15) is 0 Å². The van der Waals surface area contributed by atoms with Crippen LogP contribution in [-0.2, 0) is 0 Å². The maximum absolute atomic E-state index is 10.9. The lowest BCUT2D eigenvalue weighted by atomic mass is 10.3. The summed E-state index contributed by atoms with van der Waals surface area (Å²) in [6.45, 7) is 9.57. The van der Waals surface area contributed by atoms with Gasteiger partial charge in [0.2, 0.25) is 0 Å². The number of para-hydroxylation sites is 2. The molecule has 1 aliphatic rings. The maximum Gasteiger partial charge on any atom is 0.310 e. The van der Waals surface area contributed by atoms with E-state index in [9.17, 15) is 10.1 Å². The number of quaternary nitrogens is 2. The van der Waals surface area contributed by atoms with E-state index in [1.54, 1.807) is 23.1 Å². The summed E-state index contributed by atoms with van der Waals surface area (Å²) in [5, 5.41) is 10.9. The van der Waals surface area contributed by atoms with Crippen molar-refractivity contribution in [2.45, 2.75) is 6.92 Å². The standard InChI is InChI=1S/C14H21N3O3/c1-2-15-7-9-16(10-8-15)11-12-20-14-6-4-3-5-13(14)17(18)19/h3-6H,2,7-12H2,1H3/p+2. The first-order chi connectivity index (χ1) is 9.70. The maximum atomic E-state index is 10.9. The largest absolute Gasteiger partial charge is 0.481 e. The molecule has 0 spiro atoms. The topological polar surface area (TPSA) is 61.2 Å². The lowest BCUT2D eigenvalue weighted by molar-refractivity contribution is -1.01. The summed E-state index contributed by atoms with van der Waals surface area (Å²) in [4.78, 5) is 13.7. The zero-order valence-electron chi connectivity index (χ0n) is 11.9. The fourth-order valence-electron chi connectivity index (χ4n) is 2.60. The quantitative estimate of drug-likeness (QED) is 0.507. The fraction of sp³-hybridized carbons (Fsp3) is 0.571. The molecule has 1 aliphatic heterocycles. The van der Waals surface area contributed by atoms with Crippen LogP contribution in [0.4, 0.5) is 5.69 Å². The molecule has 2 N–H and O–H groups in total. The molecule has 0 unspecified atom stereocenters. The van der Waals surface area contributed by atoms with E-state index in [0.717, 1.165) is 19.6 Å². The van der Waals surface area contributed by atoms with Crippen molar-refractivity contribution in [1.29, 1.82) is 0 Å². The van der Waals surface area contributed by atoms with Crippen LogP contribution in [0, 0.1) is 10.1 Å². The number of rotatable bonds is 6. The molecule has 0 aromatic heterocycles. The minimum Gasteiger partial charge on any atom is -0.481 e. The summed E-state index contributed by atoms with van der Waals surface area (Å²) in [6, 6.07) is 6.56. The predicted octanol–water partition coefficient (Wildman–Crippen LogP) is -1.22. The second-order valence-electron chi connectivity index (χ2n) is 5.18. The van der Waals surface area contributed by atoms with Gasteiger partial charge in [0.25, 0.3) is 0 Å². The van der Waals surface area contributed by atoms with Crippen molar-refractivity contribution in [2.24, 2.45) is 0 Å². The minimum atomic E-state index is -0.397. The van der Waals surface area contributed by atoms with E-state index < -0.39 is 4.92 Å². The van der Waals surface area contributed by atoms with Gasteiger partial charge in [0.15, 0.2) is 5.75 Å². The number of piperazine rings is 1. The molecular weight excluding hydrogens is 258 g/mol. The zero-order chi connectivity index (χ0) is 14.4. The van der Waals surface area contributed by atoms with Crippen molar-refractivity contribution in [3.8, 4) is 5.75 Å². The Balaban J connectivity index is 1.78. The zero-order valence-corrected chi connectivity index (χ0v) is 11.9. The van der Waals surface area contributed by atoms with Crippen molar-refractivity contribution in [1.82, 2.24) is 0 Å². The van der Waals surface area contributed by atoms with Crippen molar-refractivity contribution in [3.63, 3.8) is 0 Å². The second-order valence-corrected chi connectivity index (χ2v) is 5.18. The first kappa shape index (κ1) is 14.7. The Morgan fingerprint density at radius 1 is 1.20 bits per heavy atom. The third kappa shape index (κ3) is 3.91. The summed E-state index contributed by atoms with van der Waals surface area (Å²) in [5.74, 6) is 0.370. The van der Waals surface area contributed by atoms with Crippen LogP contribution < -0.4 is 14.5 Å². The highest BCUT2D eigenvalue weighted by Gasteiger charge is 2.21. The number of nitrogens with one attached hydrogen (secondary N) is 2. The number of nitro benzene ring substituents is 1. The molecule has 0 amide bonds. The number of hydrogen-bond donors (Lipinski definition) is 2. The van der Waals surface area contributed by atoms with Crippen LogP contribution >= 0.6 is 0 Å². The van der Waals surface area contributed by atoms with E-state index in [1.807, 2.05) is 0 Å². The highest BCUT2D eigenvalue weighted by atomic mass is 16.6. The van der Waals surface area contributed by atoms with Crippen LogP contribution in [0.3, 0.4) is 0 Å². The van der Waals surface area contributed by atoms with Crippen LogP contribution in [0.15, 0.2) is 24.3 Å². The third-order valence-corrected chi connectivity index (χ3v) is 3.94. The highest BCUT2D eigenvalue weighted by Crippen LogP contribution is 2.25. The lowest BCUT2D eigenvalue weighted by Crippen LogP contribution is -3.28. The van der Waals surface area contributed by atoms with Gasteiger partial charge in [0, 0.05) is 6.07 Å². The molecule has 0 bridgehead atoms. The monoisotopic (exact) mass is 281 g/mol. The first-order valence-corrected chi connectivity index (χ1v) is 7.24. The predicted molar refractivity (Wildman–Crippen MR) is 75.4 cm³/mol. The molecule has 0 radical (unpaired) electrons. The Labute approximate surface area is 119 Å². The number of hydrogen-bond acceptors (Lipinski definition) is 3. The first-order valence-electron chi connectivity index (χ1n) is 7.24. The fourth-order valence-corrected chi connectivity index (χ4v) is 2.60. The van der Waals surface area contributed by atoms with Crippen LogP contribution in [-0.4, -0.2) is 50.8 Å². The van der Waals surface area contributed by atoms with Crippen molar-refractivity contribution >= 4 is 5.69 Å². The van der Waals surface area contributed by atoms with Gasteiger partial charge < -0.3 is 14.5 Å². The third-order valence-electron chi connectivity index (χ3n) is 3.94. The summed E-state index contributed by atoms with van der Waals surface area (Å²) in [6.07, 6.45) is 0. The molecule has 0 saturated carbocycles. The van der Waals surface area contributed by atoms with Crippen molar-refractivity contribution < 1.29 is 19.5 Å². The van der Waals surface area contributed by atoms with Gasteiger partial charge in [0.05, 0.1) is 11.5 Å². The molecule has 1 saturated heterocycles. The van der Waals surface area contributed by atoms with E-state index in [0.29, 0.717) is 12.4 Å². The van der Waals surface area contributed by atoms with Gasteiger partial charge >= 0.3 is 5.69 Å². The van der Waals surface area contributed by atoms with Crippen LogP contribution in [0.2, 0.25) is 0 Å². The van der Waals surface area contributed by atoms with Crippen LogP contribution in [0.1, 0.15) is 6.92 Å². The van der Waals surface area contributed by atoms with Crippen LogP contribution in [0.25, 0.3) is 0 Å². The molecule has 1 aromatic rings. The molecule has 1 heterocycles. The van der Waals surface area contributed by atoms with E-state index in [4.69, 9.17) is 4.74 Å². The molecule has 6 nitrogen and oxygen atoms in total. The van der Waals surface area contributed by atoms with Crippen LogP contribution in [0.5, 0.6) is 5.75 Å². The molecule has 20 heavy (non-hydrogen) atoms. The Bertz CT molecular complexity index is 445. The van der Waals surface area contributed by atoms with Gasteiger partial charge in [-0.15, -0.1) is 0 Å². The minimum absolute atomic E-state index is 0.0442. The molecule has 6 heteroatoms. The Morgan fingerprint density at radius 3 is 2.50 bits per heavy atom. The van der Waals surface area contributed by atoms with Crippen molar-refractivity contribution in [2.75, 3.05) is 45.9 Å². The summed E-state index contributed by atoms with van der Waals surface area (Å²) in [5.41, 5.74) is 0.0442.